The molecule has 2 aromatic carbocycles. The summed E-state index contributed by atoms with van der Waals surface area (Å²) in [5, 5.41) is 2.91. The molecule has 0 aromatic heterocycles. The van der Waals surface area contributed by atoms with Crippen molar-refractivity contribution in [3.8, 4) is 11.1 Å². The maximum absolute atomic E-state index is 14.5. The quantitative estimate of drug-likeness (QED) is 0.723. The fourth-order valence-electron chi connectivity index (χ4n) is 4.05. The van der Waals surface area contributed by atoms with Gasteiger partial charge in [-0.1, -0.05) is 55.5 Å². The lowest BCUT2D eigenvalue weighted by Crippen LogP contribution is -2.45. The molecule has 0 radical (unpaired) electrons. The van der Waals surface area contributed by atoms with Crippen molar-refractivity contribution in [3.05, 3.63) is 72.6 Å². The lowest BCUT2D eigenvalue weighted by atomic mass is 9.78. The first-order valence-electron chi connectivity index (χ1n) is 10.0. The second-order valence-corrected chi connectivity index (χ2v) is 7.51. The van der Waals surface area contributed by atoms with Crippen LogP contribution in [0, 0.1) is 11.2 Å². The first-order chi connectivity index (χ1) is 14.0. The number of nitrogens with zero attached hydrogens (tertiary/aromatic N) is 1. The van der Waals surface area contributed by atoms with Gasteiger partial charge >= 0.3 is 0 Å². The number of carbonyl (C=O) groups is 2. The molecule has 1 N–H and O–H groups in total. The SMILES string of the molecule is C=CCNC(=O)[C@@]1(Cc2ccccc2-c2ccccc2F)CCN(C(=O)CC)C1. The summed E-state index contributed by atoms with van der Waals surface area (Å²) in [5.74, 6) is -0.336. The largest absolute Gasteiger partial charge is 0.352 e. The third kappa shape index (κ3) is 4.39. The molecule has 0 aliphatic carbocycles. The van der Waals surface area contributed by atoms with Gasteiger partial charge in [-0.25, -0.2) is 4.39 Å². The molecule has 0 spiro atoms. The molecule has 1 aliphatic rings. The minimum absolute atomic E-state index is 0.0470. The maximum atomic E-state index is 14.5. The van der Waals surface area contributed by atoms with Gasteiger partial charge in [0.1, 0.15) is 5.82 Å². The molecule has 0 saturated carbocycles. The van der Waals surface area contributed by atoms with Crippen molar-refractivity contribution in [2.45, 2.75) is 26.2 Å². The van der Waals surface area contributed by atoms with Crippen molar-refractivity contribution in [2.75, 3.05) is 19.6 Å². The van der Waals surface area contributed by atoms with Crippen LogP contribution in [-0.4, -0.2) is 36.3 Å². The molecule has 1 saturated heterocycles. The topological polar surface area (TPSA) is 49.4 Å². The zero-order valence-corrected chi connectivity index (χ0v) is 16.8. The first kappa shape index (κ1) is 20.8. The Kier molecular flexibility index (Phi) is 6.47. The van der Waals surface area contributed by atoms with Crippen LogP contribution in [0.2, 0.25) is 0 Å². The summed E-state index contributed by atoms with van der Waals surface area (Å²) in [6.45, 7) is 6.79. The number of benzene rings is 2. The van der Waals surface area contributed by atoms with Crippen LogP contribution in [0.25, 0.3) is 11.1 Å². The van der Waals surface area contributed by atoms with Crippen LogP contribution in [0.4, 0.5) is 4.39 Å². The monoisotopic (exact) mass is 394 g/mol. The Morgan fingerprint density at radius 2 is 1.86 bits per heavy atom. The molecule has 1 heterocycles. The second kappa shape index (κ2) is 9.03. The molecule has 4 nitrogen and oxygen atoms in total. The average Bonchev–Trinajstić information content (AvgIpc) is 3.17. The van der Waals surface area contributed by atoms with Crippen LogP contribution in [0.5, 0.6) is 0 Å². The summed E-state index contributed by atoms with van der Waals surface area (Å²) in [7, 11) is 0. The van der Waals surface area contributed by atoms with Crippen molar-refractivity contribution in [1.29, 1.82) is 0 Å². The predicted molar refractivity (Wildman–Crippen MR) is 113 cm³/mol. The van der Waals surface area contributed by atoms with Gasteiger partial charge < -0.3 is 10.2 Å². The van der Waals surface area contributed by atoms with E-state index in [0.717, 1.165) is 11.1 Å². The zero-order chi connectivity index (χ0) is 20.9. The number of nitrogens with one attached hydrogen (secondary N) is 1. The number of hydrogen-bond acceptors (Lipinski definition) is 2. The number of hydrogen-bond donors (Lipinski definition) is 1. The third-order valence-corrected chi connectivity index (χ3v) is 5.61. The maximum Gasteiger partial charge on any atom is 0.228 e. The van der Waals surface area contributed by atoms with E-state index in [0.29, 0.717) is 44.5 Å². The van der Waals surface area contributed by atoms with Gasteiger partial charge in [0, 0.05) is 31.6 Å². The number of carbonyl (C=O) groups excluding carboxylic acids is 2. The van der Waals surface area contributed by atoms with E-state index in [9.17, 15) is 14.0 Å². The molecule has 0 bridgehead atoms. The summed E-state index contributed by atoms with van der Waals surface area (Å²) in [4.78, 5) is 27.1. The van der Waals surface area contributed by atoms with Crippen LogP contribution in [-0.2, 0) is 16.0 Å². The van der Waals surface area contributed by atoms with E-state index in [1.54, 1.807) is 29.2 Å². The molecule has 1 atom stereocenters. The fraction of sp³-hybridized carbons (Fsp3) is 0.333. The lowest BCUT2D eigenvalue weighted by molar-refractivity contribution is -0.133. The molecule has 3 rings (SSSR count). The highest BCUT2D eigenvalue weighted by atomic mass is 19.1. The van der Waals surface area contributed by atoms with Gasteiger partial charge in [0.2, 0.25) is 11.8 Å². The molecular weight excluding hydrogens is 367 g/mol. The van der Waals surface area contributed by atoms with Gasteiger partial charge in [-0.3, -0.25) is 9.59 Å². The van der Waals surface area contributed by atoms with E-state index in [-0.39, 0.29) is 17.6 Å². The highest BCUT2D eigenvalue weighted by molar-refractivity contribution is 5.86. The van der Waals surface area contributed by atoms with E-state index < -0.39 is 5.41 Å². The molecule has 5 heteroatoms. The minimum atomic E-state index is -0.741. The van der Waals surface area contributed by atoms with E-state index >= 15 is 0 Å². The molecular formula is C24H27FN2O2. The smallest absolute Gasteiger partial charge is 0.228 e. The summed E-state index contributed by atoms with van der Waals surface area (Å²) in [6, 6.07) is 14.3. The van der Waals surface area contributed by atoms with Crippen LogP contribution in [0.15, 0.2) is 61.2 Å². The van der Waals surface area contributed by atoms with Crippen LogP contribution >= 0.6 is 0 Å². The highest BCUT2D eigenvalue weighted by Gasteiger charge is 2.45. The van der Waals surface area contributed by atoms with E-state index in [1.807, 2.05) is 31.2 Å². The van der Waals surface area contributed by atoms with Crippen molar-refractivity contribution in [3.63, 3.8) is 0 Å². The molecule has 0 unspecified atom stereocenters. The molecule has 1 aliphatic heterocycles. The number of likely N-dealkylation sites (tertiary alicyclic amines) is 1. The zero-order valence-electron chi connectivity index (χ0n) is 16.8. The van der Waals surface area contributed by atoms with Gasteiger partial charge in [0.05, 0.1) is 5.41 Å². The molecule has 2 aromatic rings. The summed E-state index contributed by atoms with van der Waals surface area (Å²) in [5.41, 5.74) is 1.46. The Bertz CT molecular complexity index is 911. The Labute approximate surface area is 171 Å². The summed E-state index contributed by atoms with van der Waals surface area (Å²) >= 11 is 0. The van der Waals surface area contributed by atoms with Crippen molar-refractivity contribution in [1.82, 2.24) is 10.2 Å². The number of amides is 2. The average molecular weight is 394 g/mol. The molecule has 29 heavy (non-hydrogen) atoms. The standard InChI is InChI=1S/C24H27FN2O2/c1-3-14-26-23(29)24(13-15-27(17-24)22(28)4-2)16-18-9-5-6-10-19(18)20-11-7-8-12-21(20)25/h3,5-12H,1,4,13-17H2,2H3,(H,26,29)/t24-/m1/s1. The predicted octanol–water partition coefficient (Wildman–Crippen LogP) is 3.97. The number of rotatable bonds is 7. The van der Waals surface area contributed by atoms with E-state index in [2.05, 4.69) is 11.9 Å². The van der Waals surface area contributed by atoms with E-state index in [1.165, 1.54) is 6.07 Å². The van der Waals surface area contributed by atoms with Crippen LogP contribution in [0.1, 0.15) is 25.3 Å². The van der Waals surface area contributed by atoms with Crippen molar-refractivity contribution < 1.29 is 14.0 Å². The summed E-state index contributed by atoms with van der Waals surface area (Å²) in [6.07, 6.45) is 3.07. The van der Waals surface area contributed by atoms with E-state index in [4.69, 9.17) is 0 Å². The first-order valence-corrected chi connectivity index (χ1v) is 10.0. The Morgan fingerprint density at radius 3 is 2.55 bits per heavy atom. The highest BCUT2D eigenvalue weighted by Crippen LogP contribution is 2.38. The molecule has 1 fully saturated rings. The number of halogens is 1. The Morgan fingerprint density at radius 1 is 1.17 bits per heavy atom. The van der Waals surface area contributed by atoms with Gasteiger partial charge in [0.25, 0.3) is 0 Å². The molecule has 2 amide bonds. The van der Waals surface area contributed by atoms with Gasteiger partial charge in [0.15, 0.2) is 0 Å². The molecule has 152 valence electrons. The van der Waals surface area contributed by atoms with Crippen molar-refractivity contribution in [2.24, 2.45) is 5.41 Å². The Balaban J connectivity index is 1.98. The van der Waals surface area contributed by atoms with Gasteiger partial charge in [-0.05, 0) is 30.0 Å². The van der Waals surface area contributed by atoms with Gasteiger partial charge in [-0.2, -0.15) is 0 Å². The fourth-order valence-corrected chi connectivity index (χ4v) is 4.05. The lowest BCUT2D eigenvalue weighted by Gasteiger charge is -2.29. The van der Waals surface area contributed by atoms with Gasteiger partial charge in [-0.15, -0.1) is 6.58 Å². The third-order valence-electron chi connectivity index (χ3n) is 5.61. The minimum Gasteiger partial charge on any atom is -0.352 e. The van der Waals surface area contributed by atoms with Crippen LogP contribution < -0.4 is 5.32 Å². The van der Waals surface area contributed by atoms with Crippen LogP contribution in [0.3, 0.4) is 0 Å². The summed E-state index contributed by atoms with van der Waals surface area (Å²) < 4.78 is 14.5. The van der Waals surface area contributed by atoms with Crippen molar-refractivity contribution >= 4 is 11.8 Å². The normalized spacial score (nSPS) is 18.5. The Hall–Kier alpha value is -2.95. The second-order valence-electron chi connectivity index (χ2n) is 7.51.